The van der Waals surface area contributed by atoms with Gasteiger partial charge in [-0.25, -0.2) is 0 Å². The zero-order valence-corrected chi connectivity index (χ0v) is 10.4. The van der Waals surface area contributed by atoms with Crippen molar-refractivity contribution in [3.63, 3.8) is 0 Å². The fourth-order valence-electron chi connectivity index (χ4n) is 0.819. The molecular formula is C13H19NO3. The second-order valence-corrected chi connectivity index (χ2v) is 4.13. The van der Waals surface area contributed by atoms with Gasteiger partial charge in [0.1, 0.15) is 5.41 Å². The molecule has 0 saturated heterocycles. The van der Waals surface area contributed by atoms with Crippen LogP contribution in [0.1, 0.15) is 26.3 Å². The Morgan fingerprint density at radius 2 is 1.71 bits per heavy atom. The average molecular weight is 237 g/mol. The molecule has 4 heteroatoms. The van der Waals surface area contributed by atoms with Gasteiger partial charge >= 0.3 is 5.97 Å². The molecule has 0 heterocycles. The number of amides is 1. The molecule has 1 aromatic carbocycles. The average Bonchev–Trinajstić information content (AvgIpc) is 2.30. The number of hydrogen-bond donors (Lipinski definition) is 2. The van der Waals surface area contributed by atoms with Crippen LogP contribution in [0, 0.1) is 5.41 Å². The smallest absolute Gasteiger partial charge is 0.318 e. The van der Waals surface area contributed by atoms with Crippen LogP contribution in [0.3, 0.4) is 0 Å². The van der Waals surface area contributed by atoms with E-state index < -0.39 is 17.3 Å². The number of rotatable bonds is 3. The van der Waals surface area contributed by atoms with Gasteiger partial charge in [-0.3, -0.25) is 9.59 Å². The third kappa shape index (κ3) is 5.15. The Bertz CT molecular complexity index is 356. The summed E-state index contributed by atoms with van der Waals surface area (Å²) < 4.78 is 0. The van der Waals surface area contributed by atoms with Gasteiger partial charge in [0.15, 0.2) is 0 Å². The first-order chi connectivity index (χ1) is 7.82. The van der Waals surface area contributed by atoms with Crippen LogP contribution in [0.2, 0.25) is 0 Å². The van der Waals surface area contributed by atoms with Crippen LogP contribution in [-0.2, 0) is 16.0 Å². The lowest BCUT2D eigenvalue weighted by molar-refractivity contribution is -0.152. The number of carbonyl (C=O) groups is 2. The van der Waals surface area contributed by atoms with E-state index in [1.807, 2.05) is 6.07 Å². The number of carboxylic acid groups (broad SMARTS) is 1. The van der Waals surface area contributed by atoms with E-state index >= 15 is 0 Å². The summed E-state index contributed by atoms with van der Waals surface area (Å²) in [7, 11) is 0. The molecule has 1 amide bonds. The fourth-order valence-corrected chi connectivity index (χ4v) is 0.819. The topological polar surface area (TPSA) is 80.4 Å². The molecular weight excluding hydrogens is 218 g/mol. The van der Waals surface area contributed by atoms with E-state index in [2.05, 4.69) is 31.2 Å². The lowest BCUT2D eigenvalue weighted by atomic mass is 9.93. The molecule has 0 unspecified atom stereocenters. The van der Waals surface area contributed by atoms with Gasteiger partial charge in [0.2, 0.25) is 5.91 Å². The number of hydrogen-bond acceptors (Lipinski definition) is 2. The van der Waals surface area contributed by atoms with Crippen LogP contribution >= 0.6 is 0 Å². The third-order valence-corrected chi connectivity index (χ3v) is 2.40. The molecule has 1 rings (SSSR count). The molecule has 0 saturated carbocycles. The minimum Gasteiger partial charge on any atom is -0.480 e. The minimum atomic E-state index is -1.44. The van der Waals surface area contributed by atoms with E-state index in [0.29, 0.717) is 0 Å². The highest BCUT2D eigenvalue weighted by molar-refractivity contribution is 6.00. The van der Waals surface area contributed by atoms with Crippen molar-refractivity contribution < 1.29 is 14.7 Å². The molecule has 0 aliphatic heterocycles. The predicted molar refractivity (Wildman–Crippen MR) is 66.4 cm³/mol. The highest BCUT2D eigenvalue weighted by Gasteiger charge is 2.33. The van der Waals surface area contributed by atoms with Crippen LogP contribution in [-0.4, -0.2) is 17.0 Å². The summed E-state index contributed by atoms with van der Waals surface area (Å²) >= 11 is 0. The molecule has 0 radical (unpaired) electrons. The maximum absolute atomic E-state index is 10.3. The Morgan fingerprint density at radius 3 is 1.88 bits per heavy atom. The first-order valence-corrected chi connectivity index (χ1v) is 5.39. The van der Waals surface area contributed by atoms with Crippen molar-refractivity contribution in [2.24, 2.45) is 11.1 Å². The zero-order valence-electron chi connectivity index (χ0n) is 10.4. The Morgan fingerprint density at radius 1 is 1.24 bits per heavy atom. The summed E-state index contributed by atoms with van der Waals surface area (Å²) in [5, 5.41) is 8.31. The third-order valence-electron chi connectivity index (χ3n) is 2.40. The molecule has 0 atom stereocenters. The molecule has 94 valence electrons. The number of carboxylic acids is 1. The first kappa shape index (κ1) is 15.2. The number of aryl methyl sites for hydroxylation is 1. The van der Waals surface area contributed by atoms with Crippen LogP contribution < -0.4 is 5.73 Å². The van der Waals surface area contributed by atoms with Crippen molar-refractivity contribution in [1.82, 2.24) is 0 Å². The lowest BCUT2D eigenvalue weighted by Crippen LogP contribution is -2.38. The van der Waals surface area contributed by atoms with E-state index in [9.17, 15) is 9.59 Å². The molecule has 3 N–H and O–H groups in total. The number of carbonyl (C=O) groups excluding carboxylic acids is 1. The van der Waals surface area contributed by atoms with E-state index in [1.165, 1.54) is 19.4 Å². The summed E-state index contributed by atoms with van der Waals surface area (Å²) in [6, 6.07) is 10.5. The summed E-state index contributed by atoms with van der Waals surface area (Å²) in [6.45, 7) is 4.69. The molecule has 0 aromatic heterocycles. The predicted octanol–water partition coefficient (Wildman–Crippen LogP) is 1.83. The molecule has 0 spiro atoms. The van der Waals surface area contributed by atoms with Gasteiger partial charge in [0.25, 0.3) is 0 Å². The highest BCUT2D eigenvalue weighted by atomic mass is 16.4. The van der Waals surface area contributed by atoms with Crippen molar-refractivity contribution in [1.29, 1.82) is 0 Å². The zero-order chi connectivity index (χ0) is 13.5. The summed E-state index contributed by atoms with van der Waals surface area (Å²) in [6.07, 6.45) is 1.14. The van der Waals surface area contributed by atoms with E-state index in [1.54, 1.807) is 0 Å². The maximum atomic E-state index is 10.3. The van der Waals surface area contributed by atoms with Crippen LogP contribution in [0.4, 0.5) is 0 Å². The van der Waals surface area contributed by atoms with E-state index in [4.69, 9.17) is 10.8 Å². The Balaban J connectivity index is 0.000000302. The lowest BCUT2D eigenvalue weighted by Gasteiger charge is -2.12. The van der Waals surface area contributed by atoms with Crippen molar-refractivity contribution >= 4 is 11.9 Å². The van der Waals surface area contributed by atoms with Gasteiger partial charge in [-0.15, -0.1) is 0 Å². The number of benzene rings is 1. The monoisotopic (exact) mass is 237 g/mol. The molecule has 0 bridgehead atoms. The Kier molecular flexibility index (Phi) is 5.96. The molecule has 17 heavy (non-hydrogen) atoms. The summed E-state index contributed by atoms with van der Waals surface area (Å²) in [4.78, 5) is 20.5. The normalized spacial score (nSPS) is 10.1. The van der Waals surface area contributed by atoms with E-state index in [-0.39, 0.29) is 0 Å². The van der Waals surface area contributed by atoms with Crippen LogP contribution in [0.5, 0.6) is 0 Å². The molecule has 1 aromatic rings. The summed E-state index contributed by atoms with van der Waals surface area (Å²) in [5.41, 5.74) is 4.72. The van der Waals surface area contributed by atoms with Crippen LogP contribution in [0.15, 0.2) is 30.3 Å². The standard InChI is InChI=1S/C8H10.C5H9NO3/c1-2-8-6-4-3-5-7-8;1-5(2,3(6)7)4(8)9/h3-7H,2H2,1H3;1-2H3,(H2,6,7)(H,8,9). The van der Waals surface area contributed by atoms with Gasteiger partial charge in [-0.2, -0.15) is 0 Å². The summed E-state index contributed by atoms with van der Waals surface area (Å²) in [5.74, 6) is -2.02. The van der Waals surface area contributed by atoms with Crippen molar-refractivity contribution in [3.05, 3.63) is 35.9 Å². The molecule has 0 aliphatic carbocycles. The van der Waals surface area contributed by atoms with Crippen molar-refractivity contribution in [2.45, 2.75) is 27.2 Å². The van der Waals surface area contributed by atoms with Gasteiger partial charge in [0, 0.05) is 0 Å². The van der Waals surface area contributed by atoms with Gasteiger partial charge < -0.3 is 10.8 Å². The Labute approximate surface area is 101 Å². The van der Waals surface area contributed by atoms with Crippen molar-refractivity contribution in [2.75, 3.05) is 0 Å². The minimum absolute atomic E-state index is 0.824. The van der Waals surface area contributed by atoms with Gasteiger partial charge in [-0.1, -0.05) is 37.3 Å². The van der Waals surface area contributed by atoms with Crippen LogP contribution in [0.25, 0.3) is 0 Å². The first-order valence-electron chi connectivity index (χ1n) is 5.39. The number of nitrogens with two attached hydrogens (primary N) is 1. The highest BCUT2D eigenvalue weighted by Crippen LogP contribution is 2.12. The van der Waals surface area contributed by atoms with E-state index in [0.717, 1.165) is 6.42 Å². The molecule has 0 aliphatic rings. The molecule has 0 fully saturated rings. The van der Waals surface area contributed by atoms with Gasteiger partial charge in [0.05, 0.1) is 0 Å². The quantitative estimate of drug-likeness (QED) is 0.787. The van der Waals surface area contributed by atoms with Gasteiger partial charge in [-0.05, 0) is 25.8 Å². The SMILES string of the molecule is CC(C)(C(N)=O)C(=O)O.CCc1ccccc1. The second kappa shape index (κ2) is 6.68. The molecule has 4 nitrogen and oxygen atoms in total. The number of aliphatic carboxylic acids is 1. The maximum Gasteiger partial charge on any atom is 0.318 e. The second-order valence-electron chi connectivity index (χ2n) is 4.13. The van der Waals surface area contributed by atoms with Crippen molar-refractivity contribution in [3.8, 4) is 0 Å². The Hall–Kier alpha value is -1.84. The number of primary amides is 1. The fraction of sp³-hybridized carbons (Fsp3) is 0.385. The largest absolute Gasteiger partial charge is 0.480 e.